The molecule has 2 amide bonds. The Hall–Kier alpha value is -1.06. The molecule has 0 aromatic rings. The first-order valence-electron chi connectivity index (χ1n) is 9.70. The van der Waals surface area contributed by atoms with Gasteiger partial charge in [0.15, 0.2) is 0 Å². The van der Waals surface area contributed by atoms with Crippen molar-refractivity contribution < 1.29 is 9.59 Å². The van der Waals surface area contributed by atoms with Crippen LogP contribution in [0.4, 0.5) is 0 Å². The summed E-state index contributed by atoms with van der Waals surface area (Å²) in [6.07, 6.45) is 13.6. The summed E-state index contributed by atoms with van der Waals surface area (Å²) in [5, 5.41) is 5.92. The van der Waals surface area contributed by atoms with E-state index in [2.05, 4.69) is 17.6 Å². The number of hydrogen-bond donors (Lipinski definition) is 2. The average Bonchev–Trinajstić information content (AvgIpc) is 2.73. The van der Waals surface area contributed by atoms with Crippen LogP contribution < -0.4 is 10.6 Å². The smallest absolute Gasteiger partial charge is 0.223 e. The Bertz CT molecular complexity index is 344. The largest absolute Gasteiger partial charge is 0.356 e. The molecule has 0 aliphatic carbocycles. The zero-order valence-corrected chi connectivity index (χ0v) is 15.2. The summed E-state index contributed by atoms with van der Waals surface area (Å²) in [6.45, 7) is 4.99. The number of carbonyl (C=O) groups is 2. The third-order valence-electron chi connectivity index (χ3n) is 4.77. The molecule has 1 heterocycles. The molecule has 0 aromatic heterocycles. The zero-order valence-electron chi connectivity index (χ0n) is 15.2. The molecule has 1 rings (SSSR count). The van der Waals surface area contributed by atoms with Gasteiger partial charge in [-0.15, -0.1) is 0 Å². The molecule has 0 bridgehead atoms. The lowest BCUT2D eigenvalue weighted by Crippen LogP contribution is -2.39. The fraction of sp³-hybridized carbons (Fsp3) is 0.895. The minimum absolute atomic E-state index is 0.0195. The van der Waals surface area contributed by atoms with Crippen LogP contribution in [0.25, 0.3) is 0 Å². The maximum Gasteiger partial charge on any atom is 0.223 e. The van der Waals surface area contributed by atoms with Gasteiger partial charge >= 0.3 is 0 Å². The third-order valence-corrected chi connectivity index (χ3v) is 4.77. The first-order valence-corrected chi connectivity index (χ1v) is 9.70. The Balaban J connectivity index is 2.08. The minimum atomic E-state index is 0.0195. The lowest BCUT2D eigenvalue weighted by atomic mass is 9.99. The molecule has 2 unspecified atom stereocenters. The highest BCUT2D eigenvalue weighted by atomic mass is 16.2. The van der Waals surface area contributed by atoms with Gasteiger partial charge in [-0.3, -0.25) is 9.59 Å². The van der Waals surface area contributed by atoms with E-state index in [4.69, 9.17) is 0 Å². The van der Waals surface area contributed by atoms with E-state index < -0.39 is 0 Å². The van der Waals surface area contributed by atoms with Crippen LogP contribution in [0.15, 0.2) is 0 Å². The van der Waals surface area contributed by atoms with Crippen molar-refractivity contribution in [3.63, 3.8) is 0 Å². The highest BCUT2D eigenvalue weighted by Gasteiger charge is 2.21. The standard InChI is InChI=1S/C19H36N2O2/c1-3-4-5-6-7-8-9-10-12-16(2)19(23)21-17-13-11-14-20-18(22)15-17/h16-17H,3-15H2,1-2H3,(H,20,22)(H,21,23). The van der Waals surface area contributed by atoms with Crippen LogP contribution in [-0.2, 0) is 9.59 Å². The maximum atomic E-state index is 12.2. The van der Waals surface area contributed by atoms with Gasteiger partial charge in [0.05, 0.1) is 0 Å². The zero-order chi connectivity index (χ0) is 16.9. The van der Waals surface area contributed by atoms with Crippen molar-refractivity contribution in [2.75, 3.05) is 6.54 Å². The molecule has 1 fully saturated rings. The minimum Gasteiger partial charge on any atom is -0.356 e. The number of amides is 2. The summed E-state index contributed by atoms with van der Waals surface area (Å²) in [7, 11) is 0. The van der Waals surface area contributed by atoms with Gasteiger partial charge in [0, 0.05) is 24.9 Å². The van der Waals surface area contributed by atoms with Crippen LogP contribution >= 0.6 is 0 Å². The molecule has 1 saturated heterocycles. The first-order chi connectivity index (χ1) is 11.1. The van der Waals surface area contributed by atoms with E-state index in [-0.39, 0.29) is 23.8 Å². The molecule has 1 aliphatic heterocycles. The lowest BCUT2D eigenvalue weighted by molar-refractivity contribution is -0.126. The monoisotopic (exact) mass is 324 g/mol. The quantitative estimate of drug-likeness (QED) is 0.566. The van der Waals surface area contributed by atoms with Gasteiger partial charge in [-0.2, -0.15) is 0 Å². The molecule has 0 radical (unpaired) electrons. The molecule has 2 N–H and O–H groups in total. The van der Waals surface area contributed by atoms with Crippen LogP contribution in [0.1, 0.15) is 90.9 Å². The maximum absolute atomic E-state index is 12.2. The van der Waals surface area contributed by atoms with Crippen LogP contribution in [-0.4, -0.2) is 24.4 Å². The highest BCUT2D eigenvalue weighted by Crippen LogP contribution is 2.14. The van der Waals surface area contributed by atoms with Gasteiger partial charge in [-0.1, -0.05) is 65.2 Å². The van der Waals surface area contributed by atoms with Gasteiger partial charge in [0.2, 0.25) is 11.8 Å². The number of nitrogens with one attached hydrogen (secondary N) is 2. The molecule has 134 valence electrons. The number of unbranched alkanes of at least 4 members (excludes halogenated alkanes) is 7. The van der Waals surface area contributed by atoms with Gasteiger partial charge < -0.3 is 10.6 Å². The van der Waals surface area contributed by atoms with Gasteiger partial charge in [-0.25, -0.2) is 0 Å². The molecule has 0 aromatic carbocycles. The predicted octanol–water partition coefficient (Wildman–Crippen LogP) is 3.94. The SMILES string of the molecule is CCCCCCCCCCC(C)C(=O)NC1CCCNC(=O)C1. The van der Waals surface area contributed by atoms with E-state index in [0.29, 0.717) is 6.42 Å². The highest BCUT2D eigenvalue weighted by molar-refractivity contribution is 5.81. The van der Waals surface area contributed by atoms with E-state index in [9.17, 15) is 9.59 Å². The third kappa shape index (κ3) is 9.62. The Kier molecular flexibility index (Phi) is 10.8. The molecule has 0 spiro atoms. The lowest BCUT2D eigenvalue weighted by Gasteiger charge is -2.18. The Morgan fingerprint density at radius 2 is 1.83 bits per heavy atom. The normalized spacial score (nSPS) is 19.7. The molecule has 4 heteroatoms. The van der Waals surface area contributed by atoms with Gasteiger partial charge in [-0.05, 0) is 19.3 Å². The molecule has 1 aliphatic rings. The van der Waals surface area contributed by atoms with Crippen LogP contribution in [0.2, 0.25) is 0 Å². The number of hydrogen-bond acceptors (Lipinski definition) is 2. The summed E-state index contributed by atoms with van der Waals surface area (Å²) in [6, 6.07) is 0.0195. The second kappa shape index (κ2) is 12.4. The fourth-order valence-corrected chi connectivity index (χ4v) is 3.16. The predicted molar refractivity (Wildman–Crippen MR) is 95.2 cm³/mol. The van der Waals surface area contributed by atoms with Crippen LogP contribution in [0, 0.1) is 5.92 Å². The number of carbonyl (C=O) groups excluding carboxylic acids is 2. The van der Waals surface area contributed by atoms with Crippen molar-refractivity contribution in [1.29, 1.82) is 0 Å². The van der Waals surface area contributed by atoms with Gasteiger partial charge in [0.25, 0.3) is 0 Å². The van der Waals surface area contributed by atoms with E-state index in [1.165, 1.54) is 44.9 Å². The van der Waals surface area contributed by atoms with Crippen molar-refractivity contribution in [2.24, 2.45) is 5.92 Å². The van der Waals surface area contributed by atoms with E-state index in [0.717, 1.165) is 32.2 Å². The molecule has 4 nitrogen and oxygen atoms in total. The average molecular weight is 325 g/mol. The molecule has 2 atom stereocenters. The van der Waals surface area contributed by atoms with E-state index in [1.807, 2.05) is 6.92 Å². The van der Waals surface area contributed by atoms with Crippen molar-refractivity contribution in [2.45, 2.75) is 96.9 Å². The van der Waals surface area contributed by atoms with Crippen molar-refractivity contribution in [3.05, 3.63) is 0 Å². The Morgan fingerprint density at radius 3 is 2.52 bits per heavy atom. The number of rotatable bonds is 11. The molecule has 23 heavy (non-hydrogen) atoms. The second-order valence-corrected chi connectivity index (χ2v) is 7.07. The van der Waals surface area contributed by atoms with Gasteiger partial charge in [0.1, 0.15) is 0 Å². The van der Waals surface area contributed by atoms with Crippen LogP contribution in [0.3, 0.4) is 0 Å². The summed E-state index contributed by atoms with van der Waals surface area (Å²) in [4.78, 5) is 23.7. The molecular weight excluding hydrogens is 288 g/mol. The van der Waals surface area contributed by atoms with Crippen molar-refractivity contribution in [3.8, 4) is 0 Å². The summed E-state index contributed by atoms with van der Waals surface area (Å²) >= 11 is 0. The Morgan fingerprint density at radius 1 is 1.17 bits per heavy atom. The van der Waals surface area contributed by atoms with Crippen molar-refractivity contribution in [1.82, 2.24) is 10.6 Å². The van der Waals surface area contributed by atoms with E-state index in [1.54, 1.807) is 0 Å². The topological polar surface area (TPSA) is 58.2 Å². The summed E-state index contributed by atoms with van der Waals surface area (Å²) in [5.74, 6) is 0.234. The molecule has 0 saturated carbocycles. The summed E-state index contributed by atoms with van der Waals surface area (Å²) in [5.41, 5.74) is 0. The van der Waals surface area contributed by atoms with E-state index >= 15 is 0 Å². The van der Waals surface area contributed by atoms with Crippen LogP contribution in [0.5, 0.6) is 0 Å². The molecular formula is C19H36N2O2. The Labute approximate surface area is 142 Å². The first kappa shape index (κ1) is 20.0. The van der Waals surface area contributed by atoms with Crippen molar-refractivity contribution >= 4 is 11.8 Å². The fourth-order valence-electron chi connectivity index (χ4n) is 3.16. The second-order valence-electron chi connectivity index (χ2n) is 7.07. The summed E-state index contributed by atoms with van der Waals surface area (Å²) < 4.78 is 0.